The molecule has 1 aromatic carbocycles. The number of rotatable bonds is 1. The Morgan fingerprint density at radius 2 is 2.18 bits per heavy atom. The van der Waals surface area contributed by atoms with Crippen molar-refractivity contribution in [3.8, 4) is 0 Å². The highest BCUT2D eigenvalue weighted by atomic mass is 15.0. The number of aromatic nitrogens is 2. The van der Waals surface area contributed by atoms with Crippen LogP contribution in [-0.4, -0.2) is 15.6 Å². The summed E-state index contributed by atoms with van der Waals surface area (Å²) in [7, 11) is 2.07. The molecule has 0 fully saturated rings. The molecule has 0 saturated heterocycles. The summed E-state index contributed by atoms with van der Waals surface area (Å²) in [6, 6.07) is 9.03. The third-order valence-corrected chi connectivity index (χ3v) is 3.50. The number of imidazole rings is 1. The van der Waals surface area contributed by atoms with Crippen LogP contribution in [0.25, 0.3) is 0 Å². The van der Waals surface area contributed by atoms with Crippen molar-refractivity contribution >= 4 is 5.69 Å². The fraction of sp³-hybridized carbons (Fsp3) is 0.357. The lowest BCUT2D eigenvalue weighted by Crippen LogP contribution is -2.27. The zero-order chi connectivity index (χ0) is 11.8. The van der Waals surface area contributed by atoms with Crippen LogP contribution < -0.4 is 5.32 Å². The number of hydrogen-bond donors (Lipinski definition) is 1. The van der Waals surface area contributed by atoms with Gasteiger partial charge in [0.15, 0.2) is 0 Å². The van der Waals surface area contributed by atoms with Crippen molar-refractivity contribution in [2.24, 2.45) is 7.05 Å². The van der Waals surface area contributed by atoms with Gasteiger partial charge in [0.2, 0.25) is 0 Å². The van der Waals surface area contributed by atoms with Crippen molar-refractivity contribution < 1.29 is 0 Å². The molecule has 2 heterocycles. The van der Waals surface area contributed by atoms with Gasteiger partial charge in [-0.25, -0.2) is 4.98 Å². The topological polar surface area (TPSA) is 29.9 Å². The van der Waals surface area contributed by atoms with Crippen LogP contribution >= 0.6 is 0 Å². The third-order valence-electron chi connectivity index (χ3n) is 3.50. The van der Waals surface area contributed by atoms with E-state index in [1.165, 1.54) is 11.3 Å². The third kappa shape index (κ3) is 1.71. The second kappa shape index (κ2) is 3.91. The predicted molar refractivity (Wildman–Crippen MR) is 69.2 cm³/mol. The van der Waals surface area contributed by atoms with Gasteiger partial charge in [0, 0.05) is 37.1 Å². The molecule has 3 heteroatoms. The maximum absolute atomic E-state index is 4.51. The summed E-state index contributed by atoms with van der Waals surface area (Å²) in [6.07, 6.45) is 5.00. The molecule has 1 N–H and O–H groups in total. The highest BCUT2D eigenvalue weighted by molar-refractivity contribution is 5.57. The van der Waals surface area contributed by atoms with Gasteiger partial charge in [-0.05, 0) is 25.0 Å². The molecule has 1 aromatic heterocycles. The number of aryl methyl sites for hydroxylation is 1. The lowest BCUT2D eigenvalue weighted by molar-refractivity contribution is 0.574. The van der Waals surface area contributed by atoms with Crippen molar-refractivity contribution in [1.82, 2.24) is 9.55 Å². The quantitative estimate of drug-likeness (QED) is 0.811. The summed E-state index contributed by atoms with van der Waals surface area (Å²) in [5, 5.41) is 3.53. The molecule has 0 spiro atoms. The van der Waals surface area contributed by atoms with Crippen molar-refractivity contribution in [3.63, 3.8) is 0 Å². The van der Waals surface area contributed by atoms with E-state index in [1.807, 2.05) is 12.4 Å². The van der Waals surface area contributed by atoms with Gasteiger partial charge in [-0.15, -0.1) is 0 Å². The van der Waals surface area contributed by atoms with E-state index in [-0.39, 0.29) is 0 Å². The van der Waals surface area contributed by atoms with Gasteiger partial charge >= 0.3 is 0 Å². The Balaban J connectivity index is 2.10. The fourth-order valence-electron chi connectivity index (χ4n) is 2.69. The van der Waals surface area contributed by atoms with Crippen LogP contribution in [0.15, 0.2) is 36.7 Å². The highest BCUT2D eigenvalue weighted by Crippen LogP contribution is 2.37. The molecule has 0 radical (unpaired) electrons. The molecule has 17 heavy (non-hydrogen) atoms. The number of para-hydroxylation sites is 1. The summed E-state index contributed by atoms with van der Waals surface area (Å²) in [4.78, 5) is 4.51. The minimum atomic E-state index is 0.405. The van der Waals surface area contributed by atoms with Gasteiger partial charge in [0.1, 0.15) is 5.82 Å². The van der Waals surface area contributed by atoms with E-state index in [9.17, 15) is 0 Å². The number of anilines is 1. The van der Waals surface area contributed by atoms with Gasteiger partial charge in [-0.2, -0.15) is 0 Å². The molecule has 0 aliphatic carbocycles. The second-order valence-corrected chi connectivity index (χ2v) is 4.82. The first-order chi connectivity index (χ1) is 8.25. The molecule has 2 atom stereocenters. The zero-order valence-electron chi connectivity index (χ0n) is 10.2. The van der Waals surface area contributed by atoms with Crippen molar-refractivity contribution in [2.75, 3.05) is 5.32 Å². The first-order valence-corrected chi connectivity index (χ1v) is 6.08. The SMILES string of the molecule is CC1CC(c2nccn2C)c2ccccc2N1. The maximum atomic E-state index is 4.51. The van der Waals surface area contributed by atoms with Gasteiger partial charge in [0.05, 0.1) is 0 Å². The first-order valence-electron chi connectivity index (χ1n) is 6.08. The van der Waals surface area contributed by atoms with Crippen LogP contribution in [0.1, 0.15) is 30.7 Å². The Morgan fingerprint density at radius 1 is 1.35 bits per heavy atom. The van der Waals surface area contributed by atoms with Crippen LogP contribution in [0, 0.1) is 0 Å². The van der Waals surface area contributed by atoms with E-state index in [4.69, 9.17) is 0 Å². The smallest absolute Gasteiger partial charge is 0.116 e. The number of fused-ring (bicyclic) bond motifs is 1. The zero-order valence-corrected chi connectivity index (χ0v) is 10.2. The Kier molecular flexibility index (Phi) is 2.39. The highest BCUT2D eigenvalue weighted by Gasteiger charge is 2.27. The van der Waals surface area contributed by atoms with Crippen LogP contribution in [0.4, 0.5) is 5.69 Å². The summed E-state index contributed by atoms with van der Waals surface area (Å²) in [5.41, 5.74) is 2.61. The van der Waals surface area contributed by atoms with Crippen LogP contribution in [0.2, 0.25) is 0 Å². The molecular formula is C14H17N3. The molecule has 0 saturated carbocycles. The maximum Gasteiger partial charge on any atom is 0.116 e. The predicted octanol–water partition coefficient (Wildman–Crippen LogP) is 2.76. The minimum Gasteiger partial charge on any atom is -0.382 e. The lowest BCUT2D eigenvalue weighted by Gasteiger charge is -2.31. The largest absolute Gasteiger partial charge is 0.382 e. The molecule has 2 aromatic rings. The Hall–Kier alpha value is -1.77. The molecule has 0 bridgehead atoms. The molecule has 0 amide bonds. The fourth-order valence-corrected chi connectivity index (χ4v) is 2.69. The van der Waals surface area contributed by atoms with Crippen molar-refractivity contribution in [2.45, 2.75) is 25.3 Å². The first kappa shape index (κ1) is 10.4. The Bertz CT molecular complexity index is 530. The van der Waals surface area contributed by atoms with Gasteiger partial charge < -0.3 is 9.88 Å². The van der Waals surface area contributed by atoms with Gasteiger partial charge in [-0.1, -0.05) is 18.2 Å². The average Bonchev–Trinajstić information content (AvgIpc) is 2.74. The Morgan fingerprint density at radius 3 is 2.94 bits per heavy atom. The van der Waals surface area contributed by atoms with Gasteiger partial charge in [-0.3, -0.25) is 0 Å². The molecule has 88 valence electrons. The number of hydrogen-bond acceptors (Lipinski definition) is 2. The normalized spacial score (nSPS) is 22.9. The lowest BCUT2D eigenvalue weighted by atomic mass is 9.87. The summed E-state index contributed by atoms with van der Waals surface area (Å²) < 4.78 is 2.12. The molecule has 2 unspecified atom stereocenters. The standard InChI is InChI=1S/C14H17N3/c1-10-9-12(14-15-7-8-17(14)2)11-5-3-4-6-13(11)16-10/h3-8,10,12,16H,9H2,1-2H3. The molecule has 3 nitrogen and oxygen atoms in total. The summed E-state index contributed by atoms with van der Waals surface area (Å²) in [5.74, 6) is 1.56. The van der Waals surface area contributed by atoms with E-state index in [2.05, 4.69) is 53.1 Å². The molecular weight excluding hydrogens is 210 g/mol. The van der Waals surface area contributed by atoms with Crippen molar-refractivity contribution in [1.29, 1.82) is 0 Å². The van der Waals surface area contributed by atoms with Gasteiger partial charge in [0.25, 0.3) is 0 Å². The number of benzene rings is 1. The molecule has 1 aliphatic rings. The molecule has 3 rings (SSSR count). The van der Waals surface area contributed by atoms with E-state index < -0.39 is 0 Å². The number of nitrogens with one attached hydrogen (secondary N) is 1. The summed E-state index contributed by atoms with van der Waals surface area (Å²) in [6.45, 7) is 2.23. The van der Waals surface area contributed by atoms with Crippen molar-refractivity contribution in [3.05, 3.63) is 48.0 Å². The van der Waals surface area contributed by atoms with Crippen LogP contribution in [-0.2, 0) is 7.05 Å². The van der Waals surface area contributed by atoms with E-state index in [1.54, 1.807) is 0 Å². The monoisotopic (exact) mass is 227 g/mol. The Labute approximate surface area is 101 Å². The minimum absolute atomic E-state index is 0.405. The summed E-state index contributed by atoms with van der Waals surface area (Å²) >= 11 is 0. The van der Waals surface area contributed by atoms with E-state index in [0.717, 1.165) is 12.2 Å². The van der Waals surface area contributed by atoms with E-state index >= 15 is 0 Å². The van der Waals surface area contributed by atoms with E-state index in [0.29, 0.717) is 12.0 Å². The second-order valence-electron chi connectivity index (χ2n) is 4.82. The average molecular weight is 227 g/mol. The molecule has 1 aliphatic heterocycles. The van der Waals surface area contributed by atoms with Crippen LogP contribution in [0.3, 0.4) is 0 Å². The number of nitrogens with zero attached hydrogens (tertiary/aromatic N) is 2. The van der Waals surface area contributed by atoms with Crippen LogP contribution in [0.5, 0.6) is 0 Å².